The molecule has 0 radical (unpaired) electrons. The molecular weight excluding hydrogens is 290 g/mol. The fraction of sp³-hybridized carbons (Fsp3) is 0.350. The number of hydrogen-bond donors (Lipinski definition) is 0. The molecule has 0 unspecified atom stereocenters. The lowest BCUT2D eigenvalue weighted by atomic mass is 9.96. The van der Waals surface area contributed by atoms with Crippen molar-refractivity contribution in [1.82, 2.24) is 0 Å². The summed E-state index contributed by atoms with van der Waals surface area (Å²) in [5.74, 6) is 0.767. The second-order valence-electron chi connectivity index (χ2n) is 6.02. The lowest BCUT2D eigenvalue weighted by Gasteiger charge is -2.12. The van der Waals surface area contributed by atoms with E-state index < -0.39 is 0 Å². The number of hydrogen-bond acceptors (Lipinski definition) is 1. The zero-order chi connectivity index (χ0) is 15.5. The van der Waals surface area contributed by atoms with Crippen LogP contribution in [0.2, 0.25) is 5.02 Å². The molecule has 0 atom stereocenters. The molecule has 2 aromatic carbocycles. The van der Waals surface area contributed by atoms with E-state index in [4.69, 9.17) is 16.6 Å². The summed E-state index contributed by atoms with van der Waals surface area (Å²) in [6.07, 6.45) is 3.73. The zero-order valence-corrected chi connectivity index (χ0v) is 14.0. The Labute approximate surface area is 138 Å². The van der Waals surface area contributed by atoms with E-state index in [-0.39, 0.29) is 0 Å². The van der Waals surface area contributed by atoms with Gasteiger partial charge in [0.25, 0.3) is 0 Å². The first-order chi connectivity index (χ1) is 10.7. The molecule has 1 nitrogen and oxygen atoms in total. The normalized spacial score (nSPS) is 15.1. The van der Waals surface area contributed by atoms with Gasteiger partial charge in [-0.15, -0.1) is 0 Å². The van der Waals surface area contributed by atoms with E-state index in [2.05, 4.69) is 38.1 Å². The highest BCUT2D eigenvalue weighted by molar-refractivity contribution is 6.31. The van der Waals surface area contributed by atoms with Crippen LogP contribution in [-0.2, 0) is 13.0 Å². The van der Waals surface area contributed by atoms with Gasteiger partial charge in [-0.25, -0.2) is 0 Å². The fourth-order valence-electron chi connectivity index (χ4n) is 2.96. The van der Waals surface area contributed by atoms with Gasteiger partial charge in [0.2, 0.25) is 0 Å². The molecule has 0 bridgehead atoms. The van der Waals surface area contributed by atoms with Crippen molar-refractivity contribution in [2.75, 3.05) is 0 Å². The molecule has 0 N–H and O–H groups in total. The average Bonchev–Trinajstić information content (AvgIpc) is 3.37. The van der Waals surface area contributed by atoms with Gasteiger partial charge in [0.15, 0.2) is 0 Å². The highest BCUT2D eigenvalue weighted by Gasteiger charge is 2.26. The highest BCUT2D eigenvalue weighted by atomic mass is 35.5. The topological polar surface area (TPSA) is 12.4 Å². The average molecular weight is 312 g/mol. The molecule has 2 aromatic rings. The van der Waals surface area contributed by atoms with Gasteiger partial charge in [-0.1, -0.05) is 48.9 Å². The molecule has 0 heterocycles. The van der Waals surface area contributed by atoms with Crippen LogP contribution in [0.1, 0.15) is 54.9 Å². The quantitative estimate of drug-likeness (QED) is 0.620. The van der Waals surface area contributed by atoms with Crippen LogP contribution in [0, 0.1) is 0 Å². The molecule has 0 aliphatic heterocycles. The number of benzene rings is 2. The Morgan fingerprint density at radius 2 is 1.95 bits per heavy atom. The van der Waals surface area contributed by atoms with Crippen molar-refractivity contribution in [3.05, 3.63) is 69.7 Å². The van der Waals surface area contributed by atoms with Gasteiger partial charge in [-0.2, -0.15) is 0 Å². The zero-order valence-electron chi connectivity index (χ0n) is 13.3. The Kier molecular flexibility index (Phi) is 4.63. The number of aryl methyl sites for hydroxylation is 1. The number of rotatable bonds is 5. The molecule has 0 spiro atoms. The van der Waals surface area contributed by atoms with Crippen LogP contribution >= 0.6 is 11.6 Å². The second-order valence-corrected chi connectivity index (χ2v) is 6.46. The van der Waals surface area contributed by atoms with Gasteiger partial charge in [-0.05, 0) is 66.5 Å². The van der Waals surface area contributed by atoms with E-state index in [0.717, 1.165) is 35.2 Å². The molecule has 22 heavy (non-hydrogen) atoms. The monoisotopic (exact) mass is 311 g/mol. The molecule has 2 heteroatoms. The van der Waals surface area contributed by atoms with E-state index in [0.29, 0.717) is 0 Å². The molecule has 0 amide bonds. The van der Waals surface area contributed by atoms with Crippen molar-refractivity contribution >= 4 is 17.3 Å². The lowest BCUT2D eigenvalue weighted by molar-refractivity contribution is 0.950. The van der Waals surface area contributed by atoms with Gasteiger partial charge < -0.3 is 0 Å². The summed E-state index contributed by atoms with van der Waals surface area (Å²) in [6.45, 7) is 5.06. The summed E-state index contributed by atoms with van der Waals surface area (Å²) in [6, 6.07) is 14.7. The summed E-state index contributed by atoms with van der Waals surface area (Å²) in [5, 5.41) is 0.764. The Hall–Kier alpha value is -1.60. The van der Waals surface area contributed by atoms with Gasteiger partial charge in [0, 0.05) is 10.7 Å². The van der Waals surface area contributed by atoms with E-state index in [1.807, 2.05) is 18.2 Å². The molecule has 0 saturated heterocycles. The number of aliphatic imine (C=N–C) groups is 1. The van der Waals surface area contributed by atoms with E-state index >= 15 is 0 Å². The first kappa shape index (κ1) is 15.3. The molecule has 3 rings (SSSR count). The number of nitrogens with zero attached hydrogens (tertiary/aromatic N) is 1. The van der Waals surface area contributed by atoms with Gasteiger partial charge in [-0.3, -0.25) is 4.99 Å². The van der Waals surface area contributed by atoms with E-state index in [9.17, 15) is 0 Å². The summed E-state index contributed by atoms with van der Waals surface area (Å²) in [7, 11) is 0. The molecule has 0 aromatic heterocycles. The SMILES string of the molecule is CCc1cccc(C2CC2)c1CN=C(C)c1cccc(Cl)c1. The van der Waals surface area contributed by atoms with Crippen molar-refractivity contribution in [2.24, 2.45) is 4.99 Å². The van der Waals surface area contributed by atoms with Crippen LogP contribution < -0.4 is 0 Å². The highest BCUT2D eigenvalue weighted by Crippen LogP contribution is 2.42. The standard InChI is InChI=1S/C20H22ClN/c1-3-15-6-5-9-19(16-10-11-16)20(15)13-22-14(2)17-7-4-8-18(21)12-17/h4-9,12,16H,3,10-11,13H2,1-2H3. The molecular formula is C20H22ClN. The molecule has 1 aliphatic rings. The van der Waals surface area contributed by atoms with Crippen molar-refractivity contribution in [3.8, 4) is 0 Å². The third-order valence-corrected chi connectivity index (χ3v) is 4.66. The van der Waals surface area contributed by atoms with Crippen LogP contribution in [0.3, 0.4) is 0 Å². The van der Waals surface area contributed by atoms with Crippen molar-refractivity contribution in [1.29, 1.82) is 0 Å². The predicted molar refractivity (Wildman–Crippen MR) is 95.2 cm³/mol. The Bertz CT molecular complexity index is 699. The van der Waals surface area contributed by atoms with E-state index in [1.54, 1.807) is 0 Å². The van der Waals surface area contributed by atoms with Crippen LogP contribution in [0.4, 0.5) is 0 Å². The lowest BCUT2D eigenvalue weighted by Crippen LogP contribution is -2.01. The first-order valence-electron chi connectivity index (χ1n) is 8.06. The van der Waals surface area contributed by atoms with E-state index in [1.165, 1.54) is 29.5 Å². The van der Waals surface area contributed by atoms with Crippen molar-refractivity contribution in [2.45, 2.75) is 45.6 Å². The summed E-state index contributed by atoms with van der Waals surface area (Å²) >= 11 is 6.07. The predicted octanol–water partition coefficient (Wildman–Crippen LogP) is 5.79. The van der Waals surface area contributed by atoms with Gasteiger partial charge in [0.05, 0.1) is 6.54 Å². The maximum Gasteiger partial charge on any atom is 0.0648 e. The summed E-state index contributed by atoms with van der Waals surface area (Å²) in [5.41, 5.74) is 6.55. The molecule has 1 aliphatic carbocycles. The van der Waals surface area contributed by atoms with Gasteiger partial charge in [0.1, 0.15) is 0 Å². The minimum absolute atomic E-state index is 0.764. The fourth-order valence-corrected chi connectivity index (χ4v) is 3.15. The van der Waals surface area contributed by atoms with Crippen molar-refractivity contribution in [3.63, 3.8) is 0 Å². The second kappa shape index (κ2) is 6.66. The molecule has 114 valence electrons. The third kappa shape index (κ3) is 3.41. The first-order valence-corrected chi connectivity index (χ1v) is 8.44. The summed E-state index contributed by atoms with van der Waals surface area (Å²) in [4.78, 5) is 4.84. The van der Waals surface area contributed by atoms with Crippen LogP contribution in [0.5, 0.6) is 0 Å². The van der Waals surface area contributed by atoms with Gasteiger partial charge >= 0.3 is 0 Å². The number of halogens is 1. The summed E-state index contributed by atoms with van der Waals surface area (Å²) < 4.78 is 0. The largest absolute Gasteiger partial charge is 0.285 e. The Balaban J connectivity index is 1.88. The Morgan fingerprint density at radius 1 is 1.18 bits per heavy atom. The van der Waals surface area contributed by atoms with Crippen LogP contribution in [0.15, 0.2) is 47.5 Å². The maximum atomic E-state index is 6.07. The maximum absolute atomic E-state index is 6.07. The van der Waals surface area contributed by atoms with Crippen LogP contribution in [-0.4, -0.2) is 5.71 Å². The Morgan fingerprint density at radius 3 is 2.64 bits per heavy atom. The van der Waals surface area contributed by atoms with Crippen molar-refractivity contribution < 1.29 is 0 Å². The minimum Gasteiger partial charge on any atom is -0.285 e. The van der Waals surface area contributed by atoms with Crippen LogP contribution in [0.25, 0.3) is 0 Å². The molecule has 1 fully saturated rings. The molecule has 1 saturated carbocycles. The minimum atomic E-state index is 0.764. The third-order valence-electron chi connectivity index (χ3n) is 4.42. The smallest absolute Gasteiger partial charge is 0.0648 e.